The molecule has 12 heteroatoms. The van der Waals surface area contributed by atoms with Crippen molar-refractivity contribution in [3.8, 4) is 0 Å². The van der Waals surface area contributed by atoms with Gasteiger partial charge in [-0.05, 0) is 48.9 Å². The van der Waals surface area contributed by atoms with E-state index in [9.17, 15) is 28.8 Å². The molecular formula is C34H54N6O6. The van der Waals surface area contributed by atoms with Gasteiger partial charge in [0.2, 0.25) is 23.5 Å². The lowest BCUT2D eigenvalue weighted by Crippen LogP contribution is -2.62. The Kier molecular flexibility index (Phi) is 13.0. The fourth-order valence-electron chi connectivity index (χ4n) is 6.65. The number of urea groups is 1. The minimum Gasteiger partial charge on any atom is -0.347 e. The number of piperidine rings is 1. The molecule has 2 aliphatic heterocycles. The molecule has 0 aromatic heterocycles. The molecule has 2 saturated heterocycles. The number of nitrogens with zero attached hydrogens (tertiary/aromatic N) is 2. The Morgan fingerprint density at radius 2 is 1.70 bits per heavy atom. The van der Waals surface area contributed by atoms with Crippen LogP contribution in [0.15, 0.2) is 25.3 Å². The Balaban J connectivity index is 1.80. The van der Waals surface area contributed by atoms with Crippen molar-refractivity contribution in [3.63, 3.8) is 0 Å². The van der Waals surface area contributed by atoms with Crippen molar-refractivity contribution in [2.24, 2.45) is 16.7 Å². The van der Waals surface area contributed by atoms with Crippen LogP contribution in [0.3, 0.4) is 0 Å². The quantitative estimate of drug-likeness (QED) is 0.179. The van der Waals surface area contributed by atoms with Crippen molar-refractivity contribution < 1.29 is 28.8 Å². The van der Waals surface area contributed by atoms with Gasteiger partial charge in [-0.15, -0.1) is 13.2 Å². The van der Waals surface area contributed by atoms with Gasteiger partial charge >= 0.3 is 6.03 Å². The lowest BCUT2D eigenvalue weighted by Gasteiger charge is -2.43. The van der Waals surface area contributed by atoms with Gasteiger partial charge in [-0.3, -0.25) is 24.0 Å². The summed E-state index contributed by atoms with van der Waals surface area (Å²) in [5.74, 6) is -2.62. The monoisotopic (exact) mass is 642 g/mol. The van der Waals surface area contributed by atoms with Crippen molar-refractivity contribution in [1.82, 2.24) is 31.1 Å². The molecule has 1 aliphatic carbocycles. The smallest absolute Gasteiger partial charge is 0.315 e. The van der Waals surface area contributed by atoms with Crippen LogP contribution in [0.1, 0.15) is 85.5 Å². The van der Waals surface area contributed by atoms with Crippen LogP contribution in [0.5, 0.6) is 0 Å². The van der Waals surface area contributed by atoms with E-state index in [1.165, 1.54) is 11.0 Å². The van der Waals surface area contributed by atoms with Crippen LogP contribution >= 0.6 is 0 Å². The van der Waals surface area contributed by atoms with Crippen LogP contribution in [0.25, 0.3) is 0 Å². The lowest BCUT2D eigenvalue weighted by atomic mass is 9.70. The van der Waals surface area contributed by atoms with Gasteiger partial charge in [0, 0.05) is 32.6 Å². The topological polar surface area (TPSA) is 157 Å². The van der Waals surface area contributed by atoms with E-state index in [-0.39, 0.29) is 42.3 Å². The second-order valence-electron chi connectivity index (χ2n) is 14.4. The van der Waals surface area contributed by atoms with E-state index in [1.807, 2.05) is 32.6 Å². The van der Waals surface area contributed by atoms with Gasteiger partial charge < -0.3 is 31.1 Å². The van der Waals surface area contributed by atoms with E-state index in [4.69, 9.17) is 0 Å². The predicted octanol–water partition coefficient (Wildman–Crippen LogP) is 2.44. The first kappa shape index (κ1) is 36.8. The van der Waals surface area contributed by atoms with Crippen LogP contribution in [-0.2, 0) is 24.0 Å². The Bertz CT molecular complexity index is 1170. The largest absolute Gasteiger partial charge is 0.347 e. The van der Waals surface area contributed by atoms with Gasteiger partial charge in [-0.25, -0.2) is 4.79 Å². The van der Waals surface area contributed by atoms with Crippen molar-refractivity contribution in [3.05, 3.63) is 25.3 Å². The van der Waals surface area contributed by atoms with E-state index in [1.54, 1.807) is 6.08 Å². The fraction of sp³-hybridized carbons (Fsp3) is 0.706. The third-order valence-corrected chi connectivity index (χ3v) is 9.73. The second-order valence-corrected chi connectivity index (χ2v) is 14.4. The average Bonchev–Trinajstić information content (AvgIpc) is 3.46. The third-order valence-electron chi connectivity index (χ3n) is 9.73. The summed E-state index contributed by atoms with van der Waals surface area (Å²) in [6.07, 6.45) is 10.1. The van der Waals surface area contributed by atoms with Crippen LogP contribution in [0.2, 0.25) is 0 Å². The molecule has 0 bridgehead atoms. The number of ketones is 1. The lowest BCUT2D eigenvalue weighted by molar-refractivity contribution is -0.143. The first-order chi connectivity index (χ1) is 21.7. The van der Waals surface area contributed by atoms with E-state index < -0.39 is 47.7 Å². The highest BCUT2D eigenvalue weighted by Crippen LogP contribution is 2.40. The van der Waals surface area contributed by atoms with Crippen molar-refractivity contribution in [2.45, 2.75) is 104 Å². The van der Waals surface area contributed by atoms with Gasteiger partial charge in [-0.1, -0.05) is 59.1 Å². The van der Waals surface area contributed by atoms with Crippen molar-refractivity contribution in [2.75, 3.05) is 32.7 Å². The number of carbonyl (C=O) groups excluding carboxylic acids is 6. The zero-order valence-electron chi connectivity index (χ0n) is 28.1. The van der Waals surface area contributed by atoms with E-state index >= 15 is 0 Å². The molecule has 4 N–H and O–H groups in total. The molecule has 46 heavy (non-hydrogen) atoms. The van der Waals surface area contributed by atoms with Gasteiger partial charge in [-0.2, -0.15) is 0 Å². The Morgan fingerprint density at radius 1 is 1.00 bits per heavy atom. The Hall–Kier alpha value is -3.70. The van der Waals surface area contributed by atoms with Gasteiger partial charge in [0.25, 0.3) is 5.91 Å². The zero-order valence-corrected chi connectivity index (χ0v) is 28.1. The normalized spacial score (nSPS) is 22.7. The predicted molar refractivity (Wildman–Crippen MR) is 175 cm³/mol. The van der Waals surface area contributed by atoms with Gasteiger partial charge in [0.05, 0.1) is 12.6 Å². The molecule has 0 aromatic carbocycles. The van der Waals surface area contributed by atoms with Crippen LogP contribution in [0, 0.1) is 16.7 Å². The maximum atomic E-state index is 14.4. The molecule has 2 heterocycles. The highest BCUT2D eigenvalue weighted by molar-refractivity contribution is 6.37. The number of nitrogens with one attached hydrogen (secondary N) is 4. The minimum absolute atomic E-state index is 0.0831. The summed E-state index contributed by atoms with van der Waals surface area (Å²) >= 11 is 0. The molecule has 4 atom stereocenters. The number of carbonyl (C=O) groups is 6. The summed E-state index contributed by atoms with van der Waals surface area (Å²) < 4.78 is 0. The Morgan fingerprint density at radius 3 is 2.30 bits per heavy atom. The standard InChI is InChI=1S/C34H54N6O6/c1-7-17-35-30(44)25(41)20-36-29(43)24-19-23(8-2)21-40(24)31(45)28(34(6)15-11-9-12-16-34)38-32(46)37-26(33(3,4)5)22-39-18-13-10-14-27(39)42/h7-8,23-24,26,28H,1-2,9-22H2,3-6H3,(H,35,44)(H,36,43)(H2,37,38,46)/t23-,24+,26-,28-/m1/s1. The summed E-state index contributed by atoms with van der Waals surface area (Å²) in [7, 11) is 0. The zero-order chi connectivity index (χ0) is 34.1. The van der Waals surface area contributed by atoms with Crippen molar-refractivity contribution >= 4 is 35.4 Å². The minimum atomic E-state index is -0.907. The Labute approximate surface area is 273 Å². The molecule has 6 amide bonds. The molecule has 0 spiro atoms. The highest BCUT2D eigenvalue weighted by Gasteiger charge is 2.48. The first-order valence-electron chi connectivity index (χ1n) is 16.7. The molecule has 3 fully saturated rings. The second kappa shape index (κ2) is 16.2. The average molecular weight is 643 g/mol. The SMILES string of the molecule is C=CCNC(=O)C(=O)CNC(=O)[C@@H]1C[C@@H](C=C)CN1C(=O)[C@@H](NC(=O)N[C@H](CN1CCCCC1=O)C(C)(C)C)C1(C)CCCCC1. The molecule has 3 rings (SSSR count). The van der Waals surface area contributed by atoms with Crippen LogP contribution in [-0.4, -0.2) is 96.1 Å². The first-order valence-corrected chi connectivity index (χ1v) is 16.7. The molecule has 1 saturated carbocycles. The number of Topliss-reactive ketones (excluding diaryl/α,β-unsaturated/α-hetero) is 1. The molecule has 3 aliphatic rings. The fourth-order valence-corrected chi connectivity index (χ4v) is 6.65. The maximum absolute atomic E-state index is 14.4. The molecule has 0 unspecified atom stereocenters. The molecule has 0 radical (unpaired) electrons. The number of rotatable bonds is 13. The molecule has 0 aromatic rings. The number of amides is 6. The van der Waals surface area contributed by atoms with E-state index in [2.05, 4.69) is 34.4 Å². The molecule has 12 nitrogen and oxygen atoms in total. The van der Waals surface area contributed by atoms with Gasteiger partial charge in [0.15, 0.2) is 0 Å². The van der Waals surface area contributed by atoms with E-state index in [0.717, 1.165) is 44.9 Å². The van der Waals surface area contributed by atoms with Gasteiger partial charge in [0.1, 0.15) is 12.1 Å². The number of likely N-dealkylation sites (tertiary alicyclic amines) is 2. The number of hydrogen-bond acceptors (Lipinski definition) is 6. The maximum Gasteiger partial charge on any atom is 0.315 e. The highest BCUT2D eigenvalue weighted by atomic mass is 16.2. The molecular weight excluding hydrogens is 588 g/mol. The molecule has 256 valence electrons. The summed E-state index contributed by atoms with van der Waals surface area (Å²) in [6, 6.07) is -2.66. The summed E-state index contributed by atoms with van der Waals surface area (Å²) in [5.41, 5.74) is -0.905. The van der Waals surface area contributed by atoms with Crippen LogP contribution in [0.4, 0.5) is 4.79 Å². The van der Waals surface area contributed by atoms with Crippen LogP contribution < -0.4 is 21.3 Å². The summed E-state index contributed by atoms with van der Waals surface area (Å²) in [5, 5.41) is 11.0. The van der Waals surface area contributed by atoms with Crippen molar-refractivity contribution in [1.29, 1.82) is 0 Å². The summed E-state index contributed by atoms with van der Waals surface area (Å²) in [6.45, 7) is 16.3. The van der Waals surface area contributed by atoms with E-state index in [0.29, 0.717) is 25.9 Å². The number of hydrogen-bond donors (Lipinski definition) is 4. The summed E-state index contributed by atoms with van der Waals surface area (Å²) in [4.78, 5) is 81.6. The third kappa shape index (κ3) is 9.65.